The summed E-state index contributed by atoms with van der Waals surface area (Å²) in [6, 6.07) is -0.542. The zero-order valence-corrected chi connectivity index (χ0v) is 51.8. The summed E-state index contributed by atoms with van der Waals surface area (Å²) < 4.78 is 5.48. The van der Waals surface area contributed by atoms with E-state index in [1.54, 1.807) is 0 Å². The number of esters is 1. The van der Waals surface area contributed by atoms with Gasteiger partial charge in [0.15, 0.2) is 0 Å². The van der Waals surface area contributed by atoms with E-state index < -0.39 is 12.1 Å². The fourth-order valence-electron chi connectivity index (χ4n) is 11.2. The number of carbonyl (C=O) groups excluding carboxylic acids is 2. The van der Waals surface area contributed by atoms with Gasteiger partial charge in [0.1, 0.15) is 0 Å². The lowest BCUT2D eigenvalue weighted by Gasteiger charge is -2.22. The number of allylic oxidation sites excluding steroid dienone is 2. The molecule has 0 aliphatic heterocycles. The molecule has 0 fully saturated rings. The number of amides is 1. The van der Waals surface area contributed by atoms with Crippen LogP contribution in [0.4, 0.5) is 0 Å². The van der Waals surface area contributed by atoms with Crippen LogP contribution in [0.25, 0.3) is 0 Å². The van der Waals surface area contributed by atoms with E-state index in [1.807, 2.05) is 0 Å². The molecule has 0 aromatic rings. The highest BCUT2D eigenvalue weighted by molar-refractivity contribution is 5.76. The molecule has 0 aromatic heterocycles. The number of aliphatic hydroxyl groups excluding tert-OH is 2. The standard InChI is InChI=1S/C70H137NO5/c1-3-5-7-9-11-13-15-17-18-19-20-21-22-23-26-29-32-35-39-42-46-50-54-58-62-68(73)67(66-72)71-69(74)63-59-55-51-47-43-40-36-33-30-27-24-25-28-31-34-37-41-45-49-53-57-61-65-76-70(75)64-60-56-52-48-44-38-16-14-12-10-8-6-4-2/h14,16,67-68,72-73H,3-13,15,17-66H2,1-2H3,(H,71,74)/b16-14-. The molecule has 0 aliphatic rings. The second kappa shape index (κ2) is 66.1. The van der Waals surface area contributed by atoms with Gasteiger partial charge >= 0.3 is 5.97 Å². The Kier molecular flexibility index (Phi) is 64.9. The molecule has 0 rings (SSSR count). The lowest BCUT2D eigenvalue weighted by Crippen LogP contribution is -2.45. The molecule has 0 radical (unpaired) electrons. The molecule has 1 amide bonds. The molecule has 0 aromatic carbocycles. The number of ether oxygens (including phenoxy) is 1. The number of aliphatic hydroxyl groups is 2. The average molecular weight is 1070 g/mol. The fourth-order valence-corrected chi connectivity index (χ4v) is 11.2. The van der Waals surface area contributed by atoms with Gasteiger partial charge in [-0.1, -0.05) is 347 Å². The van der Waals surface area contributed by atoms with Gasteiger partial charge in [-0.05, 0) is 51.4 Å². The molecule has 0 bridgehead atoms. The van der Waals surface area contributed by atoms with Gasteiger partial charge in [-0.15, -0.1) is 0 Å². The summed E-state index contributed by atoms with van der Waals surface area (Å²) in [6.07, 6.45) is 81.1. The summed E-state index contributed by atoms with van der Waals surface area (Å²) in [4.78, 5) is 24.6. The van der Waals surface area contributed by atoms with E-state index in [-0.39, 0.29) is 18.5 Å². The van der Waals surface area contributed by atoms with Crippen LogP contribution in [0.15, 0.2) is 12.2 Å². The molecule has 2 unspecified atom stereocenters. The Morgan fingerprint density at radius 1 is 0.355 bits per heavy atom. The Hall–Kier alpha value is -1.40. The third-order valence-corrected chi connectivity index (χ3v) is 16.6. The first kappa shape index (κ1) is 74.6. The predicted octanol–water partition coefficient (Wildman–Crippen LogP) is 22.4. The Bertz CT molecular complexity index is 1140. The highest BCUT2D eigenvalue weighted by Crippen LogP contribution is 2.19. The van der Waals surface area contributed by atoms with Crippen molar-refractivity contribution < 1.29 is 24.5 Å². The highest BCUT2D eigenvalue weighted by Gasteiger charge is 2.20. The second-order valence-electron chi connectivity index (χ2n) is 24.2. The number of carbonyl (C=O) groups is 2. The SMILES string of the molecule is CCCCCC/C=C\CCCCCCCC(=O)OCCCCCCCCCCCCCCCCCCCCCCCCC(=O)NC(CO)C(O)CCCCCCCCCCCCCCCCCCCCCCCCCC. The molecule has 2 atom stereocenters. The Labute approximate surface area is 476 Å². The number of unbranched alkanes of at least 4 members (excludes halogenated alkanes) is 53. The smallest absolute Gasteiger partial charge is 0.305 e. The summed E-state index contributed by atoms with van der Waals surface area (Å²) >= 11 is 0. The van der Waals surface area contributed by atoms with Crippen LogP contribution < -0.4 is 5.32 Å². The zero-order valence-electron chi connectivity index (χ0n) is 51.8. The van der Waals surface area contributed by atoms with E-state index in [9.17, 15) is 19.8 Å². The maximum Gasteiger partial charge on any atom is 0.305 e. The topological polar surface area (TPSA) is 95.9 Å². The van der Waals surface area contributed by atoms with Crippen molar-refractivity contribution in [2.75, 3.05) is 13.2 Å². The van der Waals surface area contributed by atoms with Crippen LogP contribution in [-0.2, 0) is 14.3 Å². The van der Waals surface area contributed by atoms with Gasteiger partial charge in [-0.25, -0.2) is 0 Å². The molecule has 452 valence electrons. The summed E-state index contributed by atoms with van der Waals surface area (Å²) in [7, 11) is 0. The first-order valence-electron chi connectivity index (χ1n) is 34.9. The van der Waals surface area contributed by atoms with Crippen LogP contribution in [0.2, 0.25) is 0 Å². The molecule has 0 heterocycles. The molecule has 76 heavy (non-hydrogen) atoms. The molecular weight excluding hydrogens is 935 g/mol. The van der Waals surface area contributed by atoms with Crippen LogP contribution in [0.3, 0.4) is 0 Å². The number of nitrogens with one attached hydrogen (secondary N) is 1. The van der Waals surface area contributed by atoms with Crippen LogP contribution in [0.5, 0.6) is 0 Å². The van der Waals surface area contributed by atoms with Crippen molar-refractivity contribution in [3.63, 3.8) is 0 Å². The molecular formula is C70H137NO5. The second-order valence-corrected chi connectivity index (χ2v) is 24.2. The van der Waals surface area contributed by atoms with Gasteiger partial charge in [0.2, 0.25) is 5.91 Å². The van der Waals surface area contributed by atoms with E-state index >= 15 is 0 Å². The maximum atomic E-state index is 12.6. The summed E-state index contributed by atoms with van der Waals surface area (Å²) in [6.45, 7) is 4.97. The Balaban J connectivity index is 3.38. The van der Waals surface area contributed by atoms with E-state index in [0.717, 1.165) is 44.9 Å². The summed E-state index contributed by atoms with van der Waals surface area (Å²) in [5.41, 5.74) is 0. The molecule has 6 nitrogen and oxygen atoms in total. The van der Waals surface area contributed by atoms with E-state index in [0.29, 0.717) is 25.9 Å². The molecule has 0 saturated heterocycles. The highest BCUT2D eigenvalue weighted by atomic mass is 16.5. The minimum atomic E-state index is -0.665. The molecule has 0 saturated carbocycles. The fraction of sp³-hybridized carbons (Fsp3) is 0.943. The van der Waals surface area contributed by atoms with Crippen LogP contribution in [0, 0.1) is 0 Å². The van der Waals surface area contributed by atoms with Crippen molar-refractivity contribution in [2.45, 2.75) is 411 Å². The van der Waals surface area contributed by atoms with Gasteiger partial charge in [-0.3, -0.25) is 9.59 Å². The normalized spacial score (nSPS) is 12.5. The van der Waals surface area contributed by atoms with E-state index in [2.05, 4.69) is 31.3 Å². The van der Waals surface area contributed by atoms with Crippen molar-refractivity contribution in [2.24, 2.45) is 0 Å². The van der Waals surface area contributed by atoms with Gasteiger partial charge in [0.25, 0.3) is 0 Å². The lowest BCUT2D eigenvalue weighted by molar-refractivity contribution is -0.143. The van der Waals surface area contributed by atoms with Crippen molar-refractivity contribution >= 4 is 11.9 Å². The largest absolute Gasteiger partial charge is 0.466 e. The molecule has 6 heteroatoms. The number of rotatable bonds is 66. The monoisotopic (exact) mass is 1070 g/mol. The Morgan fingerprint density at radius 3 is 0.947 bits per heavy atom. The first-order chi connectivity index (χ1) is 37.5. The average Bonchev–Trinajstić information content (AvgIpc) is 3.42. The van der Waals surface area contributed by atoms with Crippen LogP contribution in [0.1, 0.15) is 399 Å². The number of hydrogen-bond acceptors (Lipinski definition) is 5. The minimum Gasteiger partial charge on any atom is -0.466 e. The van der Waals surface area contributed by atoms with Gasteiger partial charge in [-0.2, -0.15) is 0 Å². The molecule has 3 N–H and O–H groups in total. The van der Waals surface area contributed by atoms with Crippen molar-refractivity contribution in [3.05, 3.63) is 12.2 Å². The van der Waals surface area contributed by atoms with E-state index in [4.69, 9.17) is 4.74 Å². The van der Waals surface area contributed by atoms with Crippen molar-refractivity contribution in [1.82, 2.24) is 5.32 Å². The van der Waals surface area contributed by atoms with Crippen LogP contribution >= 0.6 is 0 Å². The molecule has 0 spiro atoms. The van der Waals surface area contributed by atoms with Crippen LogP contribution in [-0.4, -0.2) is 47.4 Å². The lowest BCUT2D eigenvalue weighted by atomic mass is 10.0. The van der Waals surface area contributed by atoms with Gasteiger partial charge in [0.05, 0.1) is 25.4 Å². The van der Waals surface area contributed by atoms with Gasteiger partial charge in [0, 0.05) is 12.8 Å². The number of hydrogen-bond donors (Lipinski definition) is 3. The third kappa shape index (κ3) is 61.8. The Morgan fingerprint density at radius 2 is 0.618 bits per heavy atom. The van der Waals surface area contributed by atoms with Crippen molar-refractivity contribution in [3.8, 4) is 0 Å². The minimum absolute atomic E-state index is 0.00522. The maximum absolute atomic E-state index is 12.6. The zero-order chi connectivity index (χ0) is 55.0. The quantitative estimate of drug-likeness (QED) is 0.0320. The van der Waals surface area contributed by atoms with Gasteiger partial charge < -0.3 is 20.3 Å². The molecule has 0 aliphatic carbocycles. The summed E-state index contributed by atoms with van der Waals surface area (Å²) in [5.74, 6) is -0.0248. The first-order valence-corrected chi connectivity index (χ1v) is 34.9. The predicted molar refractivity (Wildman–Crippen MR) is 333 cm³/mol. The van der Waals surface area contributed by atoms with Crippen molar-refractivity contribution in [1.29, 1.82) is 0 Å². The summed E-state index contributed by atoms with van der Waals surface area (Å²) in [5, 5.41) is 23.4. The van der Waals surface area contributed by atoms with E-state index in [1.165, 1.54) is 321 Å². The third-order valence-electron chi connectivity index (χ3n) is 16.6.